The second kappa shape index (κ2) is 9.75. The Morgan fingerprint density at radius 1 is 1.06 bits per heavy atom. The SMILES string of the molecule is CCN(C(=O)N1CCN(C2=CC=C(c3cnco3)CC2)CC1)[C@@H](C)c1cccc2ccccc12. The Labute approximate surface area is 201 Å². The first-order chi connectivity index (χ1) is 16.7. The van der Waals surface area contributed by atoms with Crippen LogP contribution in [0.4, 0.5) is 4.79 Å². The van der Waals surface area contributed by atoms with E-state index in [1.165, 1.54) is 34.0 Å². The van der Waals surface area contributed by atoms with E-state index >= 15 is 0 Å². The molecule has 2 aromatic carbocycles. The van der Waals surface area contributed by atoms with E-state index in [0.29, 0.717) is 6.54 Å². The first-order valence-electron chi connectivity index (χ1n) is 12.2. The lowest BCUT2D eigenvalue weighted by Crippen LogP contribution is -2.53. The number of nitrogens with zero attached hydrogens (tertiary/aromatic N) is 4. The number of piperazine rings is 1. The molecule has 6 heteroatoms. The fraction of sp³-hybridized carbons (Fsp3) is 0.357. The molecule has 176 valence electrons. The van der Waals surface area contributed by atoms with Crippen LogP contribution < -0.4 is 0 Å². The van der Waals surface area contributed by atoms with Crippen molar-refractivity contribution in [2.45, 2.75) is 32.7 Å². The minimum absolute atomic E-state index is 0.0160. The van der Waals surface area contributed by atoms with Gasteiger partial charge in [0.25, 0.3) is 0 Å². The van der Waals surface area contributed by atoms with Crippen molar-refractivity contribution in [3.8, 4) is 0 Å². The molecule has 0 bridgehead atoms. The smallest absolute Gasteiger partial charge is 0.320 e. The number of benzene rings is 2. The number of hydrogen-bond acceptors (Lipinski definition) is 4. The van der Waals surface area contributed by atoms with Crippen molar-refractivity contribution in [1.29, 1.82) is 0 Å². The van der Waals surface area contributed by atoms with Gasteiger partial charge in [0.1, 0.15) is 5.76 Å². The van der Waals surface area contributed by atoms with Crippen molar-refractivity contribution in [1.82, 2.24) is 19.7 Å². The summed E-state index contributed by atoms with van der Waals surface area (Å²) in [6.07, 6.45) is 9.52. The Hall–Kier alpha value is -3.54. The summed E-state index contributed by atoms with van der Waals surface area (Å²) in [4.78, 5) is 24.0. The lowest BCUT2D eigenvalue weighted by molar-refractivity contribution is 0.113. The van der Waals surface area contributed by atoms with Crippen LogP contribution in [0.2, 0.25) is 0 Å². The molecule has 34 heavy (non-hydrogen) atoms. The molecule has 0 spiro atoms. The summed E-state index contributed by atoms with van der Waals surface area (Å²) in [6, 6.07) is 14.9. The fourth-order valence-corrected chi connectivity index (χ4v) is 5.19. The molecule has 2 amide bonds. The predicted octanol–water partition coefficient (Wildman–Crippen LogP) is 5.71. The number of aromatic nitrogens is 1. The fourth-order valence-electron chi connectivity index (χ4n) is 5.19. The van der Waals surface area contributed by atoms with E-state index in [1.807, 2.05) is 9.80 Å². The number of hydrogen-bond donors (Lipinski definition) is 0. The van der Waals surface area contributed by atoms with Crippen LogP contribution in [-0.2, 0) is 0 Å². The second-order valence-electron chi connectivity index (χ2n) is 9.00. The van der Waals surface area contributed by atoms with Gasteiger partial charge in [0.2, 0.25) is 0 Å². The molecule has 2 aliphatic rings. The van der Waals surface area contributed by atoms with E-state index in [0.717, 1.165) is 44.8 Å². The molecule has 1 aliphatic carbocycles. The minimum Gasteiger partial charge on any atom is -0.444 e. The predicted molar refractivity (Wildman–Crippen MR) is 135 cm³/mol. The summed E-state index contributed by atoms with van der Waals surface area (Å²) in [5, 5.41) is 2.43. The zero-order chi connectivity index (χ0) is 23.5. The molecule has 0 N–H and O–H groups in total. The average Bonchev–Trinajstić information content (AvgIpc) is 3.44. The van der Waals surface area contributed by atoms with Gasteiger partial charge in [0.05, 0.1) is 12.2 Å². The zero-order valence-electron chi connectivity index (χ0n) is 20.0. The maximum absolute atomic E-state index is 13.5. The van der Waals surface area contributed by atoms with E-state index < -0.39 is 0 Å². The van der Waals surface area contributed by atoms with E-state index in [1.54, 1.807) is 6.20 Å². The molecule has 0 saturated carbocycles. The Bertz CT molecular complexity index is 1200. The summed E-state index contributed by atoms with van der Waals surface area (Å²) in [7, 11) is 0. The average molecular weight is 457 g/mol. The lowest BCUT2D eigenvalue weighted by atomic mass is 9.98. The Morgan fingerprint density at radius 2 is 1.85 bits per heavy atom. The van der Waals surface area contributed by atoms with E-state index in [-0.39, 0.29) is 12.1 Å². The molecule has 1 saturated heterocycles. The van der Waals surface area contributed by atoms with E-state index in [4.69, 9.17) is 4.42 Å². The monoisotopic (exact) mass is 456 g/mol. The van der Waals surface area contributed by atoms with Crippen molar-refractivity contribution in [2.75, 3.05) is 32.7 Å². The third kappa shape index (κ3) is 4.32. The molecule has 1 aromatic heterocycles. The summed E-state index contributed by atoms with van der Waals surface area (Å²) >= 11 is 0. The Balaban J connectivity index is 1.24. The molecule has 5 rings (SSSR count). The molecule has 3 aromatic rings. The summed E-state index contributed by atoms with van der Waals surface area (Å²) < 4.78 is 5.43. The summed E-state index contributed by atoms with van der Waals surface area (Å²) in [5.74, 6) is 0.852. The number of fused-ring (bicyclic) bond motifs is 1. The quantitative estimate of drug-likeness (QED) is 0.493. The van der Waals surface area contributed by atoms with E-state index in [2.05, 4.69) is 78.3 Å². The van der Waals surface area contributed by atoms with Crippen LogP contribution in [0.15, 0.2) is 77.3 Å². The van der Waals surface area contributed by atoms with Crippen LogP contribution in [0.1, 0.15) is 44.1 Å². The van der Waals surface area contributed by atoms with Crippen molar-refractivity contribution in [3.63, 3.8) is 0 Å². The zero-order valence-corrected chi connectivity index (χ0v) is 20.0. The van der Waals surface area contributed by atoms with Gasteiger partial charge in [-0.05, 0) is 54.7 Å². The Kier molecular flexibility index (Phi) is 6.39. The standard InChI is InChI=1S/C28H32N4O2/c1-3-32(21(2)25-10-6-8-22-7-4-5-9-26(22)25)28(33)31-17-15-30(16-18-31)24-13-11-23(12-14-24)27-19-29-20-34-27/h4-11,13,19-21H,3,12,14-18H2,1-2H3/t21-/m0/s1. The number of carbonyl (C=O) groups excluding carboxylic acids is 1. The van der Waals surface area contributed by atoms with Gasteiger partial charge in [-0.25, -0.2) is 9.78 Å². The largest absolute Gasteiger partial charge is 0.444 e. The number of carbonyl (C=O) groups is 1. The van der Waals surface area contributed by atoms with Crippen LogP contribution in [0.5, 0.6) is 0 Å². The highest BCUT2D eigenvalue weighted by atomic mass is 16.3. The molecule has 1 aliphatic heterocycles. The van der Waals surface area contributed by atoms with Crippen LogP contribution in [-0.4, -0.2) is 58.4 Å². The summed E-state index contributed by atoms with van der Waals surface area (Å²) in [5.41, 5.74) is 3.73. The van der Waals surface area contributed by atoms with Crippen LogP contribution >= 0.6 is 0 Å². The van der Waals surface area contributed by atoms with Crippen molar-refractivity contribution in [3.05, 3.63) is 84.2 Å². The maximum atomic E-state index is 13.5. The number of amides is 2. The van der Waals surface area contributed by atoms with Gasteiger partial charge in [-0.1, -0.05) is 48.5 Å². The number of allylic oxidation sites excluding steroid dienone is 4. The third-order valence-corrected chi connectivity index (χ3v) is 7.16. The molecule has 2 heterocycles. The minimum atomic E-state index is 0.0160. The van der Waals surface area contributed by atoms with Crippen molar-refractivity contribution in [2.24, 2.45) is 0 Å². The molecule has 6 nitrogen and oxygen atoms in total. The van der Waals surface area contributed by atoms with Crippen LogP contribution in [0, 0.1) is 0 Å². The molecular formula is C28H32N4O2. The molecule has 1 fully saturated rings. The van der Waals surface area contributed by atoms with Gasteiger partial charge >= 0.3 is 6.03 Å². The second-order valence-corrected chi connectivity index (χ2v) is 9.00. The topological polar surface area (TPSA) is 52.8 Å². The molecule has 0 radical (unpaired) electrons. The first kappa shape index (κ1) is 22.3. The highest BCUT2D eigenvalue weighted by Crippen LogP contribution is 2.30. The van der Waals surface area contributed by atoms with E-state index in [9.17, 15) is 4.79 Å². The van der Waals surface area contributed by atoms with Crippen LogP contribution in [0.3, 0.4) is 0 Å². The molecule has 0 unspecified atom stereocenters. The number of rotatable bonds is 5. The lowest BCUT2D eigenvalue weighted by Gasteiger charge is -2.41. The van der Waals surface area contributed by atoms with Gasteiger partial charge in [-0.15, -0.1) is 0 Å². The third-order valence-electron chi connectivity index (χ3n) is 7.16. The summed E-state index contributed by atoms with van der Waals surface area (Å²) in [6.45, 7) is 8.11. The maximum Gasteiger partial charge on any atom is 0.320 e. The molecular weight excluding hydrogens is 424 g/mol. The number of oxazole rings is 1. The van der Waals surface area contributed by atoms with Gasteiger partial charge in [-0.2, -0.15) is 0 Å². The van der Waals surface area contributed by atoms with Crippen molar-refractivity contribution >= 4 is 22.4 Å². The van der Waals surface area contributed by atoms with Gasteiger partial charge in [-0.3, -0.25) is 0 Å². The van der Waals surface area contributed by atoms with Crippen LogP contribution in [0.25, 0.3) is 16.3 Å². The van der Waals surface area contributed by atoms with Gasteiger partial charge in [0.15, 0.2) is 6.39 Å². The van der Waals surface area contributed by atoms with Gasteiger partial charge < -0.3 is 19.1 Å². The van der Waals surface area contributed by atoms with Gasteiger partial charge in [0, 0.05) is 38.4 Å². The Morgan fingerprint density at radius 3 is 2.56 bits per heavy atom. The van der Waals surface area contributed by atoms with Crippen molar-refractivity contribution < 1.29 is 9.21 Å². The highest BCUT2D eigenvalue weighted by Gasteiger charge is 2.29. The molecule has 1 atom stereocenters. The normalized spacial score (nSPS) is 17.4. The number of urea groups is 1. The highest BCUT2D eigenvalue weighted by molar-refractivity contribution is 5.86. The first-order valence-corrected chi connectivity index (χ1v) is 12.2.